The number of hydrogen-bond acceptors (Lipinski definition) is 4. The molecule has 0 saturated carbocycles. The van der Waals surface area contributed by atoms with Crippen molar-refractivity contribution in [1.82, 2.24) is 0 Å². The number of aryl methyl sites for hydroxylation is 1. The Hall–Kier alpha value is -2.32. The molecule has 0 saturated heterocycles. The lowest BCUT2D eigenvalue weighted by Gasteiger charge is -2.15. The van der Waals surface area contributed by atoms with Crippen LogP contribution in [0, 0.1) is 16.7 Å². The molecule has 0 fully saturated rings. The standard InChI is InChI=1S/C20H23NO3S/c1-20(15-21,19(22)23)12-4-2-3-6-16-8-10-17(11-9-16)24-14-18-7-5-13-25-18/h5,7-11,13H,2-4,6,12,14H2,1H3,(H,22,23). The molecule has 2 rings (SSSR count). The van der Waals surface area contributed by atoms with Crippen LogP contribution in [0.15, 0.2) is 41.8 Å². The van der Waals surface area contributed by atoms with E-state index in [4.69, 9.17) is 15.1 Å². The third-order valence-electron chi connectivity index (χ3n) is 4.25. The fourth-order valence-corrected chi connectivity index (χ4v) is 3.11. The van der Waals surface area contributed by atoms with E-state index in [1.165, 1.54) is 17.4 Å². The largest absolute Gasteiger partial charge is 0.488 e. The van der Waals surface area contributed by atoms with Crippen molar-refractivity contribution in [1.29, 1.82) is 5.26 Å². The smallest absolute Gasteiger partial charge is 0.323 e. The maximum absolute atomic E-state index is 11.1. The SMILES string of the molecule is CC(C#N)(CCCCCc1ccc(OCc2cccs2)cc1)C(=O)O. The second kappa shape index (κ2) is 9.24. The fourth-order valence-electron chi connectivity index (χ4n) is 2.50. The number of thiophene rings is 1. The van der Waals surface area contributed by atoms with Crippen LogP contribution >= 0.6 is 11.3 Å². The quantitative estimate of drug-likeness (QED) is 0.604. The molecule has 0 aliphatic heterocycles. The number of unbranched alkanes of at least 4 members (excludes halogenated alkanes) is 2. The van der Waals surface area contributed by atoms with Gasteiger partial charge in [0.1, 0.15) is 12.4 Å². The number of hydrogen-bond donors (Lipinski definition) is 1. The summed E-state index contributed by atoms with van der Waals surface area (Å²) in [6.07, 6.45) is 3.99. The Morgan fingerprint density at radius 3 is 2.60 bits per heavy atom. The summed E-state index contributed by atoms with van der Waals surface area (Å²) in [7, 11) is 0. The zero-order valence-corrected chi connectivity index (χ0v) is 15.2. The van der Waals surface area contributed by atoms with Crippen LogP contribution in [0.1, 0.15) is 43.0 Å². The van der Waals surface area contributed by atoms with E-state index in [-0.39, 0.29) is 0 Å². The lowest BCUT2D eigenvalue weighted by Crippen LogP contribution is -2.25. The van der Waals surface area contributed by atoms with Gasteiger partial charge in [-0.3, -0.25) is 4.79 Å². The molecule has 0 aliphatic carbocycles. The van der Waals surface area contributed by atoms with Crippen LogP contribution in [0.5, 0.6) is 5.75 Å². The van der Waals surface area contributed by atoms with E-state index in [0.717, 1.165) is 31.4 Å². The number of nitrogens with zero attached hydrogens (tertiary/aromatic N) is 1. The van der Waals surface area contributed by atoms with Gasteiger partial charge >= 0.3 is 5.97 Å². The molecule has 0 spiro atoms. The maximum Gasteiger partial charge on any atom is 0.323 e. The number of carbonyl (C=O) groups is 1. The molecule has 1 N–H and O–H groups in total. The average Bonchev–Trinajstić information content (AvgIpc) is 3.14. The van der Waals surface area contributed by atoms with E-state index in [1.54, 1.807) is 11.3 Å². The summed E-state index contributed by atoms with van der Waals surface area (Å²) in [4.78, 5) is 12.3. The van der Waals surface area contributed by atoms with Crippen LogP contribution < -0.4 is 4.74 Å². The first kappa shape index (κ1) is 19.0. The second-order valence-electron chi connectivity index (χ2n) is 6.32. The van der Waals surface area contributed by atoms with Crippen molar-refractivity contribution in [2.45, 2.75) is 45.6 Å². The highest BCUT2D eigenvalue weighted by Crippen LogP contribution is 2.24. The van der Waals surface area contributed by atoms with Gasteiger partial charge in [0.15, 0.2) is 5.41 Å². The number of rotatable bonds is 10. The van der Waals surface area contributed by atoms with Gasteiger partial charge in [0.25, 0.3) is 0 Å². The Labute approximate surface area is 152 Å². The maximum atomic E-state index is 11.1. The second-order valence-corrected chi connectivity index (χ2v) is 7.35. The highest BCUT2D eigenvalue weighted by atomic mass is 32.1. The molecule has 5 heteroatoms. The molecular weight excluding hydrogens is 334 g/mol. The summed E-state index contributed by atoms with van der Waals surface area (Å²) in [5.74, 6) is -0.170. The number of benzene rings is 1. The Morgan fingerprint density at radius 2 is 2.00 bits per heavy atom. The Bertz CT molecular complexity index is 704. The Morgan fingerprint density at radius 1 is 1.24 bits per heavy atom. The van der Waals surface area contributed by atoms with Crippen molar-refractivity contribution in [2.24, 2.45) is 5.41 Å². The molecule has 2 aromatic rings. The van der Waals surface area contributed by atoms with Crippen LogP contribution in [0.2, 0.25) is 0 Å². The molecule has 1 atom stereocenters. The van der Waals surface area contributed by atoms with Crippen molar-refractivity contribution in [3.05, 3.63) is 52.2 Å². The lowest BCUT2D eigenvalue weighted by atomic mass is 9.86. The minimum Gasteiger partial charge on any atom is -0.488 e. The topological polar surface area (TPSA) is 70.3 Å². The molecular formula is C20H23NO3S. The lowest BCUT2D eigenvalue weighted by molar-refractivity contribution is -0.145. The molecule has 4 nitrogen and oxygen atoms in total. The van der Waals surface area contributed by atoms with E-state index >= 15 is 0 Å². The zero-order valence-electron chi connectivity index (χ0n) is 14.4. The number of carboxylic acids is 1. The molecule has 25 heavy (non-hydrogen) atoms. The van der Waals surface area contributed by atoms with Crippen LogP contribution in [0.25, 0.3) is 0 Å². The summed E-state index contributed by atoms with van der Waals surface area (Å²) < 4.78 is 5.74. The fraction of sp³-hybridized carbons (Fsp3) is 0.400. The monoisotopic (exact) mass is 357 g/mol. The van der Waals surface area contributed by atoms with Crippen molar-refractivity contribution in [2.75, 3.05) is 0 Å². The molecule has 1 aromatic heterocycles. The van der Waals surface area contributed by atoms with Crippen molar-refractivity contribution < 1.29 is 14.6 Å². The first-order chi connectivity index (χ1) is 12.0. The van der Waals surface area contributed by atoms with Gasteiger partial charge < -0.3 is 9.84 Å². The Balaban J connectivity index is 1.68. The summed E-state index contributed by atoms with van der Waals surface area (Å²) in [5.41, 5.74) is -0.0218. The van der Waals surface area contributed by atoms with Crippen LogP contribution in [-0.2, 0) is 17.8 Å². The van der Waals surface area contributed by atoms with Gasteiger partial charge in [-0.05, 0) is 55.3 Å². The summed E-state index contributed by atoms with van der Waals surface area (Å²) in [6, 6.07) is 14.1. The Kier molecular flexibility index (Phi) is 7.03. The van der Waals surface area contributed by atoms with Crippen LogP contribution in [-0.4, -0.2) is 11.1 Å². The summed E-state index contributed by atoms with van der Waals surface area (Å²) >= 11 is 1.68. The highest BCUT2D eigenvalue weighted by molar-refractivity contribution is 7.09. The van der Waals surface area contributed by atoms with Crippen molar-refractivity contribution in [3.8, 4) is 11.8 Å². The van der Waals surface area contributed by atoms with E-state index < -0.39 is 11.4 Å². The first-order valence-electron chi connectivity index (χ1n) is 8.42. The molecule has 132 valence electrons. The van der Waals surface area contributed by atoms with Gasteiger partial charge in [0, 0.05) is 4.88 Å². The normalized spacial score (nSPS) is 13.0. The van der Waals surface area contributed by atoms with E-state index in [2.05, 4.69) is 18.2 Å². The van der Waals surface area contributed by atoms with Gasteiger partial charge in [0.2, 0.25) is 0 Å². The molecule has 0 bridgehead atoms. The van der Waals surface area contributed by atoms with E-state index in [0.29, 0.717) is 13.0 Å². The van der Waals surface area contributed by atoms with Gasteiger partial charge in [-0.15, -0.1) is 11.3 Å². The van der Waals surface area contributed by atoms with E-state index in [1.807, 2.05) is 29.6 Å². The predicted octanol–water partition coefficient (Wildman–Crippen LogP) is 5.04. The molecule has 0 amide bonds. The summed E-state index contributed by atoms with van der Waals surface area (Å²) in [6.45, 7) is 2.09. The molecule has 0 radical (unpaired) electrons. The predicted molar refractivity (Wildman–Crippen MR) is 98.6 cm³/mol. The van der Waals surface area contributed by atoms with Crippen molar-refractivity contribution in [3.63, 3.8) is 0 Å². The minimum atomic E-state index is -1.26. The molecule has 1 unspecified atom stereocenters. The third-order valence-corrected chi connectivity index (χ3v) is 5.10. The molecule has 0 aliphatic rings. The summed E-state index contributed by atoms with van der Waals surface area (Å²) in [5, 5.41) is 20.1. The minimum absolute atomic E-state index is 0.397. The highest BCUT2D eigenvalue weighted by Gasteiger charge is 2.32. The number of nitriles is 1. The number of ether oxygens (including phenoxy) is 1. The third kappa shape index (κ3) is 5.91. The van der Waals surface area contributed by atoms with Crippen LogP contribution in [0.3, 0.4) is 0 Å². The molecule has 1 heterocycles. The van der Waals surface area contributed by atoms with Gasteiger partial charge in [0.05, 0.1) is 6.07 Å². The van der Waals surface area contributed by atoms with Crippen LogP contribution in [0.4, 0.5) is 0 Å². The van der Waals surface area contributed by atoms with E-state index in [9.17, 15) is 4.79 Å². The average molecular weight is 357 g/mol. The first-order valence-corrected chi connectivity index (χ1v) is 9.30. The number of aliphatic carboxylic acids is 1. The van der Waals surface area contributed by atoms with Crippen molar-refractivity contribution >= 4 is 17.3 Å². The molecule has 1 aromatic carbocycles. The van der Waals surface area contributed by atoms with Gasteiger partial charge in [-0.2, -0.15) is 5.26 Å². The number of carboxylic acid groups (broad SMARTS) is 1. The van der Waals surface area contributed by atoms with Gasteiger partial charge in [-0.25, -0.2) is 0 Å². The van der Waals surface area contributed by atoms with Gasteiger partial charge in [-0.1, -0.05) is 31.0 Å². The zero-order chi connectivity index (χ0) is 18.1.